The molecule has 1 saturated heterocycles. The lowest BCUT2D eigenvalue weighted by molar-refractivity contribution is -0.132. The maximum absolute atomic E-state index is 10.5. The standard InChI is InChI=1S/C5H8ClNO/c1-2-3-4(6)7-5(3)8/h3-4H,2H2,1H3,(H,7,8). The highest BCUT2D eigenvalue weighted by Gasteiger charge is 2.35. The largest absolute Gasteiger partial charge is 0.339 e. The van der Waals surface area contributed by atoms with E-state index in [2.05, 4.69) is 5.32 Å². The van der Waals surface area contributed by atoms with Gasteiger partial charge in [0.05, 0.1) is 5.92 Å². The third kappa shape index (κ3) is 0.689. The molecule has 0 aromatic rings. The van der Waals surface area contributed by atoms with Gasteiger partial charge >= 0.3 is 0 Å². The Balaban J connectivity index is 2.40. The Hall–Kier alpha value is -0.240. The molecule has 2 nitrogen and oxygen atoms in total. The average Bonchev–Trinajstić information content (AvgIpc) is 1.67. The van der Waals surface area contributed by atoms with Crippen LogP contribution in [0.1, 0.15) is 13.3 Å². The zero-order valence-corrected chi connectivity index (χ0v) is 5.40. The molecule has 46 valence electrons. The van der Waals surface area contributed by atoms with E-state index >= 15 is 0 Å². The van der Waals surface area contributed by atoms with Crippen molar-refractivity contribution in [3.05, 3.63) is 0 Å². The molecule has 0 aromatic carbocycles. The Morgan fingerprint density at radius 1 is 1.88 bits per heavy atom. The second kappa shape index (κ2) is 1.94. The van der Waals surface area contributed by atoms with Gasteiger partial charge in [-0.25, -0.2) is 0 Å². The average molecular weight is 134 g/mol. The van der Waals surface area contributed by atoms with E-state index in [1.54, 1.807) is 0 Å². The fraction of sp³-hybridized carbons (Fsp3) is 0.800. The number of carbonyl (C=O) groups excluding carboxylic acids is 1. The highest BCUT2D eigenvalue weighted by Crippen LogP contribution is 2.20. The first-order chi connectivity index (χ1) is 3.75. The molecule has 3 heteroatoms. The quantitative estimate of drug-likeness (QED) is 0.319. The smallest absolute Gasteiger partial charge is 0.227 e. The lowest BCUT2D eigenvalue weighted by Crippen LogP contribution is -2.54. The summed E-state index contributed by atoms with van der Waals surface area (Å²) in [6.45, 7) is 1.96. The number of amides is 1. The van der Waals surface area contributed by atoms with Gasteiger partial charge in [0.15, 0.2) is 0 Å². The highest BCUT2D eigenvalue weighted by molar-refractivity contribution is 6.25. The molecule has 0 aliphatic carbocycles. The predicted molar refractivity (Wildman–Crippen MR) is 31.6 cm³/mol. The second-order valence-electron chi connectivity index (χ2n) is 1.93. The lowest BCUT2D eigenvalue weighted by atomic mass is 9.99. The van der Waals surface area contributed by atoms with Crippen LogP contribution in [0.5, 0.6) is 0 Å². The summed E-state index contributed by atoms with van der Waals surface area (Å²) in [5, 5.41) is 2.53. The van der Waals surface area contributed by atoms with Crippen molar-refractivity contribution in [2.24, 2.45) is 5.92 Å². The summed E-state index contributed by atoms with van der Waals surface area (Å²) in [7, 11) is 0. The number of hydrogen-bond acceptors (Lipinski definition) is 1. The van der Waals surface area contributed by atoms with Gasteiger partial charge in [0.25, 0.3) is 0 Å². The third-order valence-electron chi connectivity index (χ3n) is 1.41. The second-order valence-corrected chi connectivity index (χ2v) is 2.40. The summed E-state index contributed by atoms with van der Waals surface area (Å²) in [5.74, 6) is 0.157. The van der Waals surface area contributed by atoms with Gasteiger partial charge in [-0.15, -0.1) is 0 Å². The van der Waals surface area contributed by atoms with Crippen molar-refractivity contribution < 1.29 is 4.79 Å². The van der Waals surface area contributed by atoms with Gasteiger partial charge in [-0.3, -0.25) is 4.79 Å². The summed E-state index contributed by atoms with van der Waals surface area (Å²) in [6.07, 6.45) is 0.847. The van der Waals surface area contributed by atoms with E-state index in [0.717, 1.165) is 6.42 Å². The minimum Gasteiger partial charge on any atom is -0.339 e. The molecule has 2 unspecified atom stereocenters. The summed E-state index contributed by atoms with van der Waals surface area (Å²) in [4.78, 5) is 10.5. The zero-order valence-electron chi connectivity index (χ0n) is 4.65. The molecule has 1 amide bonds. The molecule has 0 aromatic heterocycles. The van der Waals surface area contributed by atoms with Crippen molar-refractivity contribution in [3.8, 4) is 0 Å². The molecule has 1 heterocycles. The van der Waals surface area contributed by atoms with Gasteiger partial charge < -0.3 is 5.32 Å². The first-order valence-corrected chi connectivity index (χ1v) is 3.13. The molecule has 2 atom stereocenters. The Labute approximate surface area is 53.2 Å². The van der Waals surface area contributed by atoms with Crippen LogP contribution in [0.25, 0.3) is 0 Å². The molecular weight excluding hydrogens is 126 g/mol. The third-order valence-corrected chi connectivity index (χ3v) is 1.82. The van der Waals surface area contributed by atoms with Crippen LogP contribution in [0.4, 0.5) is 0 Å². The molecule has 0 saturated carbocycles. The van der Waals surface area contributed by atoms with Crippen LogP contribution in [-0.2, 0) is 4.79 Å². The summed E-state index contributed by atoms with van der Waals surface area (Å²) in [6, 6.07) is 0. The van der Waals surface area contributed by atoms with Gasteiger partial charge in [-0.05, 0) is 6.42 Å². The first-order valence-electron chi connectivity index (χ1n) is 2.70. The van der Waals surface area contributed by atoms with Gasteiger partial charge in [-0.2, -0.15) is 0 Å². The number of alkyl halides is 1. The first kappa shape index (κ1) is 5.89. The number of halogens is 1. The Morgan fingerprint density at radius 2 is 2.50 bits per heavy atom. The van der Waals surface area contributed by atoms with Crippen LogP contribution < -0.4 is 5.32 Å². The van der Waals surface area contributed by atoms with Crippen molar-refractivity contribution >= 4 is 17.5 Å². The van der Waals surface area contributed by atoms with Crippen molar-refractivity contribution in [1.82, 2.24) is 5.32 Å². The molecule has 0 spiro atoms. The molecular formula is C5H8ClNO. The molecule has 1 aliphatic heterocycles. The molecule has 1 fully saturated rings. The number of β-lactam (4-membered cyclic amide) rings is 1. The Kier molecular flexibility index (Phi) is 1.43. The van der Waals surface area contributed by atoms with Crippen LogP contribution in [0.15, 0.2) is 0 Å². The van der Waals surface area contributed by atoms with Crippen LogP contribution in [0.3, 0.4) is 0 Å². The van der Waals surface area contributed by atoms with E-state index in [1.807, 2.05) is 6.92 Å². The number of carbonyl (C=O) groups is 1. The maximum Gasteiger partial charge on any atom is 0.227 e. The van der Waals surface area contributed by atoms with Crippen LogP contribution in [0.2, 0.25) is 0 Å². The Bertz CT molecular complexity index is 115. The molecule has 0 radical (unpaired) electrons. The molecule has 1 N–H and O–H groups in total. The summed E-state index contributed by atoms with van der Waals surface area (Å²) < 4.78 is 0. The van der Waals surface area contributed by atoms with Crippen LogP contribution in [0, 0.1) is 5.92 Å². The van der Waals surface area contributed by atoms with Gasteiger partial charge in [0, 0.05) is 0 Å². The Morgan fingerprint density at radius 3 is 2.62 bits per heavy atom. The molecule has 0 bridgehead atoms. The maximum atomic E-state index is 10.5. The van der Waals surface area contributed by atoms with Gasteiger partial charge in [0.1, 0.15) is 5.50 Å². The normalized spacial score (nSPS) is 36.0. The predicted octanol–water partition coefficient (Wildman–Crippen LogP) is 0.707. The van der Waals surface area contributed by atoms with E-state index in [-0.39, 0.29) is 17.3 Å². The lowest BCUT2D eigenvalue weighted by Gasteiger charge is -2.30. The fourth-order valence-electron chi connectivity index (χ4n) is 0.773. The minimum atomic E-state index is -0.104. The van der Waals surface area contributed by atoms with Gasteiger partial charge in [-0.1, -0.05) is 18.5 Å². The van der Waals surface area contributed by atoms with E-state index in [4.69, 9.17) is 11.6 Å². The van der Waals surface area contributed by atoms with E-state index in [9.17, 15) is 4.79 Å². The summed E-state index contributed by atoms with van der Waals surface area (Å²) in [5.41, 5.74) is -0.104. The van der Waals surface area contributed by atoms with Crippen molar-refractivity contribution in [3.63, 3.8) is 0 Å². The van der Waals surface area contributed by atoms with Crippen molar-refractivity contribution in [2.45, 2.75) is 18.8 Å². The molecule has 1 rings (SSSR count). The van der Waals surface area contributed by atoms with Crippen LogP contribution >= 0.6 is 11.6 Å². The minimum absolute atomic E-state index is 0.0664. The number of nitrogens with one attached hydrogen (secondary N) is 1. The summed E-state index contributed by atoms with van der Waals surface area (Å²) >= 11 is 5.58. The monoisotopic (exact) mass is 133 g/mol. The van der Waals surface area contributed by atoms with E-state index < -0.39 is 0 Å². The van der Waals surface area contributed by atoms with Crippen molar-refractivity contribution in [1.29, 1.82) is 0 Å². The number of rotatable bonds is 1. The molecule has 8 heavy (non-hydrogen) atoms. The zero-order chi connectivity index (χ0) is 6.15. The fourth-order valence-corrected chi connectivity index (χ4v) is 1.17. The topological polar surface area (TPSA) is 29.1 Å². The SMILES string of the molecule is CCC1C(=O)NC1Cl. The van der Waals surface area contributed by atoms with Gasteiger partial charge in [0.2, 0.25) is 5.91 Å². The van der Waals surface area contributed by atoms with E-state index in [0.29, 0.717) is 0 Å². The number of hydrogen-bond donors (Lipinski definition) is 1. The van der Waals surface area contributed by atoms with E-state index in [1.165, 1.54) is 0 Å². The molecule has 1 aliphatic rings. The highest BCUT2D eigenvalue weighted by atomic mass is 35.5. The van der Waals surface area contributed by atoms with Crippen molar-refractivity contribution in [2.75, 3.05) is 0 Å². The van der Waals surface area contributed by atoms with Crippen LogP contribution in [-0.4, -0.2) is 11.4 Å².